The molecule has 0 unspecified atom stereocenters. The summed E-state index contributed by atoms with van der Waals surface area (Å²) in [6.07, 6.45) is 3.07. The van der Waals surface area contributed by atoms with E-state index < -0.39 is 11.1 Å². The maximum Gasteiger partial charge on any atom is 0.316 e. The summed E-state index contributed by atoms with van der Waals surface area (Å²) < 4.78 is 2.69. The quantitative estimate of drug-likeness (QED) is 0.548. The molecule has 2 aromatic heterocycles. The molecule has 1 radical (unpaired) electrons. The lowest BCUT2D eigenvalue weighted by atomic mass is 9.84. The number of imidazole rings is 1. The highest BCUT2D eigenvalue weighted by Gasteiger charge is 2.59. The molecule has 0 spiro atoms. The van der Waals surface area contributed by atoms with Crippen LogP contribution in [0.3, 0.4) is 0 Å². The number of amidine groups is 1. The number of anilines is 1. The molecule has 0 saturated carbocycles. The fourth-order valence-electron chi connectivity index (χ4n) is 3.31. The fraction of sp³-hybridized carbons (Fsp3) is 0.368. The van der Waals surface area contributed by atoms with Gasteiger partial charge in [-0.15, -0.1) is 0 Å². The lowest BCUT2D eigenvalue weighted by Crippen LogP contribution is -2.53. The smallest absolute Gasteiger partial charge is 0.316 e. The van der Waals surface area contributed by atoms with E-state index >= 15 is 0 Å². The predicted molar refractivity (Wildman–Crippen MR) is 104 cm³/mol. The fourth-order valence-corrected chi connectivity index (χ4v) is 3.31. The van der Waals surface area contributed by atoms with Gasteiger partial charge in [0.25, 0.3) is 0 Å². The molecule has 1 aliphatic rings. The summed E-state index contributed by atoms with van der Waals surface area (Å²) in [5, 5.41) is 26.4. The average molecular weight is 380 g/mol. The van der Waals surface area contributed by atoms with Crippen LogP contribution in [-0.2, 0) is 11.8 Å². The van der Waals surface area contributed by atoms with Crippen LogP contribution in [-0.4, -0.2) is 46.2 Å². The minimum atomic E-state index is -0.835. The van der Waals surface area contributed by atoms with Crippen LogP contribution in [0.15, 0.2) is 36.9 Å². The molecule has 145 valence electrons. The normalized spacial score (nSPS) is 18.2. The van der Waals surface area contributed by atoms with E-state index in [1.54, 1.807) is 46.2 Å². The summed E-state index contributed by atoms with van der Waals surface area (Å²) in [6, 6.07) is 7.36. The van der Waals surface area contributed by atoms with E-state index in [0.29, 0.717) is 29.1 Å². The number of nitrogen functional groups attached to an aromatic ring is 1. The van der Waals surface area contributed by atoms with Crippen molar-refractivity contribution in [1.82, 2.24) is 24.6 Å². The van der Waals surface area contributed by atoms with Crippen LogP contribution in [0.1, 0.15) is 38.8 Å². The number of benzene rings is 1. The molecule has 28 heavy (non-hydrogen) atoms. The summed E-state index contributed by atoms with van der Waals surface area (Å²) >= 11 is 0. The summed E-state index contributed by atoms with van der Waals surface area (Å²) in [6.45, 7) is 7.66. The molecule has 0 saturated heterocycles. The van der Waals surface area contributed by atoms with E-state index in [2.05, 4.69) is 15.0 Å². The number of nitrogens with two attached hydrogens (primary N) is 1. The highest BCUT2D eigenvalue weighted by molar-refractivity contribution is 5.96. The minimum absolute atomic E-state index is 0.134. The molecule has 9 nitrogen and oxygen atoms in total. The first kappa shape index (κ1) is 18.2. The number of hydrogen-bond acceptors (Lipinski definition) is 6. The monoisotopic (exact) mass is 380 g/mol. The second-order valence-electron chi connectivity index (χ2n) is 8.03. The van der Waals surface area contributed by atoms with Gasteiger partial charge in [-0.25, -0.2) is 15.0 Å². The first-order chi connectivity index (χ1) is 13.1. The Bertz CT molecular complexity index is 1080. The molecule has 0 amide bonds. The van der Waals surface area contributed by atoms with Crippen molar-refractivity contribution in [3.8, 4) is 0 Å². The molecule has 0 fully saturated rings. The van der Waals surface area contributed by atoms with E-state index in [1.165, 1.54) is 6.33 Å². The van der Waals surface area contributed by atoms with Crippen LogP contribution in [0.4, 0.5) is 5.82 Å². The largest absolute Gasteiger partial charge is 0.714 e. The Morgan fingerprint density at radius 3 is 2.39 bits per heavy atom. The van der Waals surface area contributed by atoms with E-state index in [-0.39, 0.29) is 5.84 Å². The molecule has 4 rings (SSSR count). The molecule has 3 aromatic rings. The van der Waals surface area contributed by atoms with Crippen molar-refractivity contribution in [2.45, 2.75) is 45.3 Å². The Morgan fingerprint density at radius 2 is 1.79 bits per heavy atom. The molecular formula is C19H22N7O2. The zero-order valence-electron chi connectivity index (χ0n) is 16.2. The van der Waals surface area contributed by atoms with Crippen molar-refractivity contribution in [1.29, 1.82) is 0 Å². The topological polar surface area (TPSA) is 119 Å². The highest BCUT2D eigenvalue weighted by Crippen LogP contribution is 2.37. The van der Waals surface area contributed by atoms with Crippen molar-refractivity contribution >= 4 is 22.8 Å². The van der Waals surface area contributed by atoms with Crippen molar-refractivity contribution in [3.05, 3.63) is 53.3 Å². The number of aromatic nitrogens is 4. The van der Waals surface area contributed by atoms with Gasteiger partial charge in [0.05, 0.1) is 18.4 Å². The first-order valence-corrected chi connectivity index (χ1v) is 8.97. The molecule has 0 aliphatic carbocycles. The lowest BCUT2D eigenvalue weighted by Gasteiger charge is -2.32. The second-order valence-corrected chi connectivity index (χ2v) is 8.03. The second kappa shape index (κ2) is 5.90. The average Bonchev–Trinajstić information content (AvgIpc) is 3.11. The Labute approximate surface area is 162 Å². The van der Waals surface area contributed by atoms with Gasteiger partial charge in [-0.2, -0.15) is 0 Å². The highest BCUT2D eigenvalue weighted by atomic mass is 16.5. The summed E-state index contributed by atoms with van der Waals surface area (Å²) in [7, 11) is 0. The zero-order valence-corrected chi connectivity index (χ0v) is 16.2. The van der Waals surface area contributed by atoms with Gasteiger partial charge in [0.15, 0.2) is 17.0 Å². The summed E-state index contributed by atoms with van der Waals surface area (Å²) in [5.41, 5.74) is 6.94. The van der Waals surface area contributed by atoms with E-state index in [0.717, 1.165) is 15.4 Å². The van der Waals surface area contributed by atoms with E-state index in [1.807, 2.05) is 16.7 Å². The van der Waals surface area contributed by atoms with Crippen molar-refractivity contribution in [3.63, 3.8) is 0 Å². The van der Waals surface area contributed by atoms with Gasteiger partial charge in [0.1, 0.15) is 17.4 Å². The molecule has 0 bridgehead atoms. The van der Waals surface area contributed by atoms with Gasteiger partial charge in [0.2, 0.25) is 0 Å². The predicted octanol–water partition coefficient (Wildman–Crippen LogP) is 1.93. The van der Waals surface area contributed by atoms with Crippen LogP contribution >= 0.6 is 0 Å². The third kappa shape index (κ3) is 2.43. The standard InChI is InChI=1S/C19H22N7O2/c1-18(2)19(3,4)26(28)17(25(18)27)13-7-5-12(6-8-13)9-24-11-23-14-15(20)21-10-22-16(14)24/h5-8,10-11H,9H2,1-4H3,(H2,20,21,22). The maximum absolute atomic E-state index is 12.8. The van der Waals surface area contributed by atoms with Gasteiger partial charge in [-0.05, 0) is 45.4 Å². The van der Waals surface area contributed by atoms with Gasteiger partial charge in [0, 0.05) is 5.21 Å². The molecule has 0 atom stereocenters. The van der Waals surface area contributed by atoms with Gasteiger partial charge in [-0.1, -0.05) is 17.2 Å². The first-order valence-electron chi connectivity index (χ1n) is 8.97. The number of nitrogens with zero attached hydrogens (tertiary/aromatic N) is 6. The molecule has 3 heterocycles. The molecule has 1 aromatic carbocycles. The molecule has 2 N–H and O–H groups in total. The SMILES string of the molecule is CC1(C)N([O])C(c2ccc(Cn3cnc4c(N)ncnc43)cc2)=[N+]([O-])C1(C)C. The zero-order chi connectivity index (χ0) is 20.3. The lowest BCUT2D eigenvalue weighted by molar-refractivity contribution is -0.539. The van der Waals surface area contributed by atoms with Crippen LogP contribution in [0, 0.1) is 5.21 Å². The Balaban J connectivity index is 1.65. The van der Waals surface area contributed by atoms with Gasteiger partial charge >= 0.3 is 5.84 Å². The molecule has 9 heteroatoms. The summed E-state index contributed by atoms with van der Waals surface area (Å²) in [4.78, 5) is 12.4. The van der Waals surface area contributed by atoms with Gasteiger partial charge in [-0.3, -0.25) is 4.74 Å². The van der Waals surface area contributed by atoms with E-state index in [9.17, 15) is 10.4 Å². The Hall–Kier alpha value is -3.20. The number of hydroxylamine groups is 3. The van der Waals surface area contributed by atoms with Crippen molar-refractivity contribution < 1.29 is 9.95 Å². The summed E-state index contributed by atoms with van der Waals surface area (Å²) in [5.74, 6) is 0.475. The Morgan fingerprint density at radius 1 is 1.11 bits per heavy atom. The maximum atomic E-state index is 12.8. The minimum Gasteiger partial charge on any atom is -0.714 e. The van der Waals surface area contributed by atoms with E-state index in [4.69, 9.17) is 5.73 Å². The molecular weight excluding hydrogens is 358 g/mol. The third-order valence-corrected chi connectivity index (χ3v) is 5.89. The van der Waals surface area contributed by atoms with Gasteiger partial charge < -0.3 is 15.5 Å². The van der Waals surface area contributed by atoms with Crippen molar-refractivity contribution in [2.24, 2.45) is 0 Å². The number of hydrogen-bond donors (Lipinski definition) is 1. The van der Waals surface area contributed by atoms with Crippen LogP contribution < -0.4 is 5.73 Å². The van der Waals surface area contributed by atoms with Crippen molar-refractivity contribution in [2.75, 3.05) is 5.73 Å². The molecule has 1 aliphatic heterocycles. The number of fused-ring (bicyclic) bond motifs is 1. The Kier molecular flexibility index (Phi) is 3.83. The van der Waals surface area contributed by atoms with Crippen LogP contribution in [0.5, 0.6) is 0 Å². The number of rotatable bonds is 3. The third-order valence-electron chi connectivity index (χ3n) is 5.89. The van der Waals surface area contributed by atoms with Crippen LogP contribution in [0.2, 0.25) is 0 Å². The van der Waals surface area contributed by atoms with Crippen LogP contribution in [0.25, 0.3) is 11.2 Å².